The Morgan fingerprint density at radius 2 is 1.93 bits per heavy atom. The van der Waals surface area contributed by atoms with Crippen molar-refractivity contribution in [3.63, 3.8) is 0 Å². The summed E-state index contributed by atoms with van der Waals surface area (Å²) in [6, 6.07) is 3.91. The van der Waals surface area contributed by atoms with E-state index in [1.165, 1.54) is 23.1 Å². The molecule has 0 saturated carbocycles. The molecule has 0 radical (unpaired) electrons. The number of hydrogen-bond acceptors (Lipinski definition) is 7. The number of nitrogens with zero attached hydrogens (tertiary/aromatic N) is 3. The van der Waals surface area contributed by atoms with Crippen LogP contribution in [0.25, 0.3) is 11.0 Å². The second-order valence-corrected chi connectivity index (χ2v) is 9.53. The highest BCUT2D eigenvalue weighted by Crippen LogP contribution is 2.28. The van der Waals surface area contributed by atoms with Gasteiger partial charge in [-0.25, -0.2) is 4.98 Å². The Kier molecular flexibility index (Phi) is 5.34. The normalized spacial score (nSPS) is 11.7. The summed E-state index contributed by atoms with van der Waals surface area (Å²) in [7, 11) is 0. The minimum Gasteiger partial charge on any atom is -0.319 e. The first kappa shape index (κ1) is 19.5. The van der Waals surface area contributed by atoms with Gasteiger partial charge in [-0.3, -0.25) is 9.59 Å². The van der Waals surface area contributed by atoms with Crippen LogP contribution in [0.2, 0.25) is 0 Å². The molecule has 3 aromatic rings. The largest absolute Gasteiger partial charge is 0.319 e. The molecule has 1 amide bonds. The number of nitrogens with one attached hydrogen (secondary N) is 2. The van der Waals surface area contributed by atoms with Crippen LogP contribution in [0, 0.1) is 19.3 Å². The smallest absolute Gasteiger partial charge is 0.271 e. The number of aromatic amines is 1. The fourth-order valence-electron chi connectivity index (χ4n) is 2.22. The molecule has 9 heteroatoms. The zero-order valence-corrected chi connectivity index (χ0v) is 17.5. The topological polar surface area (TPSA) is 101 Å². The lowest BCUT2D eigenvalue weighted by Crippen LogP contribution is -2.27. The van der Waals surface area contributed by atoms with Gasteiger partial charge in [0.2, 0.25) is 11.0 Å². The van der Waals surface area contributed by atoms with E-state index in [1.54, 1.807) is 0 Å². The van der Waals surface area contributed by atoms with Crippen molar-refractivity contribution in [1.29, 1.82) is 0 Å². The van der Waals surface area contributed by atoms with Crippen molar-refractivity contribution in [3.8, 4) is 0 Å². The number of rotatable bonds is 4. The Bertz CT molecular complexity index is 1070. The standard InChI is InChI=1S/C18H21N5O2S2/c1-9-6-11-12(7-10(9)2)20-14(24)13(19-11)8-26-17-23-22-16(27-17)21-15(25)18(3,4)5/h6-7H,8H2,1-5H3,(H,20,24)(H,21,22,25). The zero-order chi connectivity index (χ0) is 19.8. The van der Waals surface area contributed by atoms with Gasteiger partial charge in [0.05, 0.1) is 11.0 Å². The molecule has 2 aromatic heterocycles. The van der Waals surface area contributed by atoms with E-state index in [4.69, 9.17) is 0 Å². The number of H-pyrrole nitrogens is 1. The number of aromatic nitrogens is 4. The summed E-state index contributed by atoms with van der Waals surface area (Å²) >= 11 is 2.65. The quantitative estimate of drug-likeness (QED) is 0.509. The molecule has 0 atom stereocenters. The number of benzene rings is 1. The van der Waals surface area contributed by atoms with Gasteiger partial charge in [0.25, 0.3) is 5.56 Å². The maximum Gasteiger partial charge on any atom is 0.271 e. The predicted octanol–water partition coefficient (Wildman–Crippen LogP) is 3.67. The van der Waals surface area contributed by atoms with Crippen LogP contribution in [0.5, 0.6) is 0 Å². The van der Waals surface area contributed by atoms with Crippen LogP contribution in [-0.2, 0) is 10.5 Å². The van der Waals surface area contributed by atoms with Crippen LogP contribution < -0.4 is 10.9 Å². The number of hydrogen-bond donors (Lipinski definition) is 2. The first-order chi connectivity index (χ1) is 12.6. The molecule has 1 aromatic carbocycles. The first-order valence-corrected chi connectivity index (χ1v) is 10.2. The predicted molar refractivity (Wildman–Crippen MR) is 109 cm³/mol. The van der Waals surface area contributed by atoms with Gasteiger partial charge in [-0.15, -0.1) is 10.2 Å². The van der Waals surface area contributed by atoms with Gasteiger partial charge in [-0.1, -0.05) is 43.9 Å². The molecule has 0 bridgehead atoms. The summed E-state index contributed by atoms with van der Waals surface area (Å²) < 4.78 is 0.667. The molecule has 0 saturated heterocycles. The molecule has 0 aliphatic carbocycles. The molecule has 0 aliphatic rings. The van der Waals surface area contributed by atoms with Crippen molar-refractivity contribution in [2.45, 2.75) is 44.7 Å². The lowest BCUT2D eigenvalue weighted by Gasteiger charge is -2.15. The molecular formula is C18H21N5O2S2. The van der Waals surface area contributed by atoms with E-state index in [0.717, 1.165) is 22.2 Å². The summed E-state index contributed by atoms with van der Waals surface area (Å²) in [5.74, 6) is 0.258. The number of carbonyl (C=O) groups is 1. The minimum absolute atomic E-state index is 0.117. The number of anilines is 1. The fourth-order valence-corrected chi connectivity index (χ4v) is 3.89. The highest BCUT2D eigenvalue weighted by atomic mass is 32.2. The minimum atomic E-state index is -0.502. The summed E-state index contributed by atoms with van der Waals surface area (Å²) in [6.45, 7) is 9.52. The Balaban J connectivity index is 1.74. The lowest BCUT2D eigenvalue weighted by molar-refractivity contribution is -0.123. The second kappa shape index (κ2) is 7.40. The summed E-state index contributed by atoms with van der Waals surface area (Å²) in [4.78, 5) is 31.7. The molecule has 7 nitrogen and oxygen atoms in total. The van der Waals surface area contributed by atoms with Crippen LogP contribution in [0.15, 0.2) is 21.3 Å². The summed E-state index contributed by atoms with van der Waals surface area (Å²) in [5.41, 5.74) is 3.47. The average Bonchev–Trinajstić information content (AvgIpc) is 3.01. The van der Waals surface area contributed by atoms with E-state index < -0.39 is 5.41 Å². The molecular weight excluding hydrogens is 382 g/mol. The third-order valence-electron chi connectivity index (χ3n) is 4.02. The van der Waals surface area contributed by atoms with Crippen LogP contribution in [0.4, 0.5) is 5.13 Å². The zero-order valence-electron chi connectivity index (χ0n) is 15.8. The van der Waals surface area contributed by atoms with Crippen LogP contribution in [0.3, 0.4) is 0 Å². The van der Waals surface area contributed by atoms with E-state index >= 15 is 0 Å². The number of amides is 1. The third-order valence-corrected chi connectivity index (χ3v) is 6.00. The van der Waals surface area contributed by atoms with Crippen molar-refractivity contribution in [2.24, 2.45) is 5.41 Å². The van der Waals surface area contributed by atoms with Gasteiger partial charge in [0.1, 0.15) is 5.69 Å². The van der Waals surface area contributed by atoms with Crippen LogP contribution >= 0.6 is 23.1 Å². The molecule has 3 rings (SSSR count). The Hall–Kier alpha value is -2.26. The average molecular weight is 404 g/mol. The van der Waals surface area contributed by atoms with E-state index in [9.17, 15) is 9.59 Å². The van der Waals surface area contributed by atoms with Crippen molar-refractivity contribution in [2.75, 3.05) is 5.32 Å². The van der Waals surface area contributed by atoms with Gasteiger partial charge < -0.3 is 10.3 Å². The lowest BCUT2D eigenvalue weighted by atomic mass is 9.96. The third kappa shape index (κ3) is 4.54. The van der Waals surface area contributed by atoms with E-state index in [1.807, 2.05) is 46.8 Å². The maximum absolute atomic E-state index is 12.3. The molecule has 27 heavy (non-hydrogen) atoms. The Morgan fingerprint density at radius 1 is 1.22 bits per heavy atom. The highest BCUT2D eigenvalue weighted by Gasteiger charge is 2.22. The van der Waals surface area contributed by atoms with Gasteiger partial charge >= 0.3 is 0 Å². The summed E-state index contributed by atoms with van der Waals surface area (Å²) in [5, 5.41) is 11.3. The number of thioether (sulfide) groups is 1. The van der Waals surface area contributed by atoms with E-state index in [0.29, 0.717) is 20.9 Å². The van der Waals surface area contributed by atoms with Crippen LogP contribution in [-0.4, -0.2) is 26.1 Å². The van der Waals surface area contributed by atoms with Crippen molar-refractivity contribution in [3.05, 3.63) is 39.3 Å². The van der Waals surface area contributed by atoms with E-state index in [-0.39, 0.29) is 11.5 Å². The molecule has 2 N–H and O–H groups in total. The molecule has 0 spiro atoms. The van der Waals surface area contributed by atoms with Crippen LogP contribution in [0.1, 0.15) is 37.6 Å². The number of aryl methyl sites for hydroxylation is 2. The van der Waals surface area contributed by atoms with E-state index in [2.05, 4.69) is 25.5 Å². The van der Waals surface area contributed by atoms with Gasteiger partial charge in [0, 0.05) is 11.2 Å². The number of carbonyl (C=O) groups excluding carboxylic acids is 1. The van der Waals surface area contributed by atoms with Crippen molar-refractivity contribution < 1.29 is 4.79 Å². The molecule has 0 unspecified atom stereocenters. The molecule has 142 valence electrons. The second-order valence-electron chi connectivity index (χ2n) is 7.33. The monoisotopic (exact) mass is 403 g/mol. The van der Waals surface area contributed by atoms with Gasteiger partial charge in [-0.05, 0) is 37.1 Å². The maximum atomic E-state index is 12.3. The van der Waals surface area contributed by atoms with Gasteiger partial charge in [0.15, 0.2) is 4.34 Å². The van der Waals surface area contributed by atoms with Gasteiger partial charge in [-0.2, -0.15) is 0 Å². The Morgan fingerprint density at radius 3 is 2.63 bits per heavy atom. The fraction of sp³-hybridized carbons (Fsp3) is 0.389. The number of fused-ring (bicyclic) bond motifs is 1. The molecule has 2 heterocycles. The SMILES string of the molecule is Cc1cc2nc(CSc3nnc(NC(=O)C(C)(C)C)s3)c(=O)[nH]c2cc1C. The molecule has 0 aliphatic heterocycles. The van der Waals surface area contributed by atoms with Crippen molar-refractivity contribution >= 4 is 45.2 Å². The first-order valence-electron chi connectivity index (χ1n) is 8.41. The molecule has 0 fully saturated rings. The van der Waals surface area contributed by atoms with Crippen molar-refractivity contribution in [1.82, 2.24) is 20.2 Å². The summed E-state index contributed by atoms with van der Waals surface area (Å²) in [6.07, 6.45) is 0. The Labute approximate surface area is 165 Å². The highest BCUT2D eigenvalue weighted by molar-refractivity contribution is 8.00.